The normalized spacial score (nSPS) is 32.2. The first-order chi connectivity index (χ1) is 5.88. The van der Waals surface area contributed by atoms with Gasteiger partial charge in [-0.1, -0.05) is 13.3 Å². The minimum Gasteiger partial charge on any atom is -0.372 e. The van der Waals surface area contributed by atoms with Gasteiger partial charge in [-0.05, 0) is 31.8 Å². The van der Waals surface area contributed by atoms with Crippen LogP contribution in [0.2, 0.25) is 0 Å². The van der Waals surface area contributed by atoms with Crippen LogP contribution in [0.25, 0.3) is 0 Å². The van der Waals surface area contributed by atoms with Crippen molar-refractivity contribution >= 4 is 0 Å². The van der Waals surface area contributed by atoms with Gasteiger partial charge in [0.1, 0.15) is 0 Å². The molecule has 0 radical (unpaired) electrons. The monoisotopic (exact) mass is 169 g/mol. The van der Waals surface area contributed by atoms with Crippen molar-refractivity contribution in [3.05, 3.63) is 0 Å². The van der Waals surface area contributed by atoms with Gasteiger partial charge >= 0.3 is 0 Å². The average Bonchev–Trinajstić information content (AvgIpc) is 2.90. The molecule has 0 bridgehead atoms. The van der Waals surface area contributed by atoms with Gasteiger partial charge in [-0.3, -0.25) is 0 Å². The number of nitrogens with zero attached hydrogens (tertiary/aromatic N) is 1. The molecule has 0 amide bonds. The van der Waals surface area contributed by atoms with Gasteiger partial charge in [-0.15, -0.1) is 0 Å². The van der Waals surface area contributed by atoms with Gasteiger partial charge in [-0.2, -0.15) is 0 Å². The van der Waals surface area contributed by atoms with Crippen molar-refractivity contribution in [3.63, 3.8) is 0 Å². The summed E-state index contributed by atoms with van der Waals surface area (Å²) in [6, 6.07) is 0. The summed E-state index contributed by atoms with van der Waals surface area (Å²) in [5.74, 6) is 1.00. The predicted molar refractivity (Wildman–Crippen MR) is 49.2 cm³/mol. The fourth-order valence-electron chi connectivity index (χ4n) is 2.04. The highest BCUT2D eigenvalue weighted by Crippen LogP contribution is 2.21. The second-order valence-electron chi connectivity index (χ2n) is 4.11. The van der Waals surface area contributed by atoms with E-state index in [1.165, 1.54) is 38.9 Å². The van der Waals surface area contributed by atoms with Gasteiger partial charge in [0, 0.05) is 6.54 Å². The molecule has 2 rings (SSSR count). The van der Waals surface area contributed by atoms with E-state index in [-0.39, 0.29) is 0 Å². The van der Waals surface area contributed by atoms with Crippen LogP contribution in [-0.4, -0.2) is 37.2 Å². The smallest absolute Gasteiger partial charge is 0.0936 e. The van der Waals surface area contributed by atoms with Crippen molar-refractivity contribution in [2.24, 2.45) is 5.92 Å². The number of hydrogen-bond acceptors (Lipinski definition) is 2. The van der Waals surface area contributed by atoms with Crippen LogP contribution >= 0.6 is 0 Å². The van der Waals surface area contributed by atoms with E-state index in [0.717, 1.165) is 12.5 Å². The Morgan fingerprint density at radius 1 is 1.33 bits per heavy atom. The molecule has 2 heteroatoms. The lowest BCUT2D eigenvalue weighted by atomic mass is 9.94. The number of piperidine rings is 1. The molecule has 0 aromatic rings. The number of hydrogen-bond donors (Lipinski definition) is 0. The predicted octanol–water partition coefficient (Wildman–Crippen LogP) is 1.51. The minimum absolute atomic E-state index is 0.586. The molecule has 0 aromatic heterocycles. The van der Waals surface area contributed by atoms with E-state index in [1.54, 1.807) is 0 Å². The molecule has 12 heavy (non-hydrogen) atoms. The lowest BCUT2D eigenvalue weighted by molar-refractivity contribution is 0.168. The van der Waals surface area contributed by atoms with Crippen molar-refractivity contribution in [3.8, 4) is 0 Å². The molecule has 2 aliphatic heterocycles. The summed E-state index contributed by atoms with van der Waals surface area (Å²) in [6.45, 7) is 7.12. The van der Waals surface area contributed by atoms with Crippen LogP contribution in [0.1, 0.15) is 26.2 Å². The topological polar surface area (TPSA) is 15.8 Å². The summed E-state index contributed by atoms with van der Waals surface area (Å²) < 4.78 is 5.22. The Hall–Kier alpha value is -0.0800. The largest absolute Gasteiger partial charge is 0.372 e. The molecule has 2 aliphatic rings. The fraction of sp³-hybridized carbons (Fsp3) is 1.00. The average molecular weight is 169 g/mol. The molecule has 0 saturated carbocycles. The Balaban J connectivity index is 1.66. The molecule has 0 aliphatic carbocycles. The quantitative estimate of drug-likeness (QED) is 0.595. The van der Waals surface area contributed by atoms with Crippen LogP contribution in [0, 0.1) is 5.92 Å². The highest BCUT2D eigenvalue weighted by atomic mass is 16.6. The zero-order valence-electron chi connectivity index (χ0n) is 7.96. The molecule has 0 N–H and O–H groups in total. The van der Waals surface area contributed by atoms with E-state index in [2.05, 4.69) is 11.8 Å². The van der Waals surface area contributed by atoms with Crippen molar-refractivity contribution < 1.29 is 4.74 Å². The Labute approximate surface area is 74.9 Å². The van der Waals surface area contributed by atoms with Gasteiger partial charge < -0.3 is 9.64 Å². The van der Waals surface area contributed by atoms with Crippen LogP contribution in [0.3, 0.4) is 0 Å². The summed E-state index contributed by atoms with van der Waals surface area (Å²) >= 11 is 0. The Morgan fingerprint density at radius 2 is 2.00 bits per heavy atom. The molecular formula is C10H19NO. The lowest BCUT2D eigenvalue weighted by Crippen LogP contribution is -2.36. The van der Waals surface area contributed by atoms with E-state index in [4.69, 9.17) is 4.74 Å². The lowest BCUT2D eigenvalue weighted by Gasteiger charge is -2.30. The van der Waals surface area contributed by atoms with E-state index < -0.39 is 0 Å². The van der Waals surface area contributed by atoms with Crippen LogP contribution in [-0.2, 0) is 4.74 Å². The minimum atomic E-state index is 0.586. The number of epoxide rings is 1. The molecule has 0 unspecified atom stereocenters. The van der Waals surface area contributed by atoms with Crippen molar-refractivity contribution in [2.45, 2.75) is 32.3 Å². The first kappa shape index (κ1) is 8.52. The molecule has 2 nitrogen and oxygen atoms in total. The summed E-state index contributed by atoms with van der Waals surface area (Å²) in [7, 11) is 0. The summed E-state index contributed by atoms with van der Waals surface area (Å²) in [5, 5.41) is 0. The van der Waals surface area contributed by atoms with Crippen molar-refractivity contribution in [1.29, 1.82) is 0 Å². The molecular weight excluding hydrogens is 150 g/mol. The van der Waals surface area contributed by atoms with Crippen molar-refractivity contribution in [1.82, 2.24) is 4.90 Å². The summed E-state index contributed by atoms with van der Waals surface area (Å²) in [4.78, 5) is 2.56. The van der Waals surface area contributed by atoms with Gasteiger partial charge in [-0.25, -0.2) is 0 Å². The van der Waals surface area contributed by atoms with Gasteiger partial charge in [0.05, 0.1) is 12.7 Å². The van der Waals surface area contributed by atoms with Gasteiger partial charge in [0.2, 0.25) is 0 Å². The molecule has 70 valence electrons. The fourth-order valence-corrected chi connectivity index (χ4v) is 2.04. The highest BCUT2D eigenvalue weighted by molar-refractivity contribution is 4.78. The van der Waals surface area contributed by atoms with Gasteiger partial charge in [0.25, 0.3) is 0 Å². The Kier molecular flexibility index (Phi) is 2.66. The first-order valence-electron chi connectivity index (χ1n) is 5.22. The first-order valence-corrected chi connectivity index (χ1v) is 5.22. The molecule has 0 spiro atoms. The third-order valence-corrected chi connectivity index (χ3v) is 3.15. The molecule has 2 heterocycles. The van der Waals surface area contributed by atoms with Crippen LogP contribution in [0.4, 0.5) is 0 Å². The third kappa shape index (κ3) is 2.20. The van der Waals surface area contributed by atoms with Crippen LogP contribution < -0.4 is 0 Å². The van der Waals surface area contributed by atoms with Crippen LogP contribution in [0.5, 0.6) is 0 Å². The molecule has 2 saturated heterocycles. The number of likely N-dealkylation sites (tertiary alicyclic amines) is 1. The maximum absolute atomic E-state index is 5.22. The Morgan fingerprint density at radius 3 is 2.50 bits per heavy atom. The number of rotatable bonds is 3. The zero-order valence-corrected chi connectivity index (χ0v) is 7.96. The summed E-state index contributed by atoms with van der Waals surface area (Å²) in [5.41, 5.74) is 0. The Bertz CT molecular complexity index is 137. The zero-order chi connectivity index (χ0) is 8.39. The van der Waals surface area contributed by atoms with E-state index in [0.29, 0.717) is 6.10 Å². The maximum atomic E-state index is 5.22. The van der Waals surface area contributed by atoms with E-state index in [9.17, 15) is 0 Å². The maximum Gasteiger partial charge on any atom is 0.0936 e. The van der Waals surface area contributed by atoms with Crippen molar-refractivity contribution in [2.75, 3.05) is 26.2 Å². The molecule has 1 atom stereocenters. The standard InChI is InChI=1S/C10H19NO/c1-2-9-3-5-11(6-4-9)7-10-8-12-10/h9-10H,2-8H2,1H3/t10-/m0/s1. The highest BCUT2D eigenvalue weighted by Gasteiger charge is 2.27. The SMILES string of the molecule is CCC1CCN(C[C@H]2CO2)CC1. The third-order valence-electron chi connectivity index (χ3n) is 3.15. The number of ether oxygens (including phenoxy) is 1. The summed E-state index contributed by atoms with van der Waals surface area (Å²) in [6.07, 6.45) is 4.77. The van der Waals surface area contributed by atoms with E-state index >= 15 is 0 Å². The molecule has 2 fully saturated rings. The van der Waals surface area contributed by atoms with E-state index in [1.807, 2.05) is 0 Å². The molecule has 0 aromatic carbocycles. The van der Waals surface area contributed by atoms with Crippen LogP contribution in [0.15, 0.2) is 0 Å². The second kappa shape index (κ2) is 3.75. The van der Waals surface area contributed by atoms with Gasteiger partial charge in [0.15, 0.2) is 0 Å². The second-order valence-corrected chi connectivity index (χ2v) is 4.11.